The summed E-state index contributed by atoms with van der Waals surface area (Å²) in [4.78, 5) is 15.7. The van der Waals surface area contributed by atoms with Crippen LogP contribution in [-0.2, 0) is 16.9 Å². The fraction of sp³-hybridized carbons (Fsp3) is 0.368. The van der Waals surface area contributed by atoms with E-state index in [9.17, 15) is 9.90 Å². The van der Waals surface area contributed by atoms with Crippen LogP contribution >= 0.6 is 11.3 Å². The number of carbonyl (C=O) groups excluding carboxylic acids is 1. The van der Waals surface area contributed by atoms with Gasteiger partial charge in [-0.2, -0.15) is 11.3 Å². The molecule has 0 aliphatic carbocycles. The molecule has 0 aliphatic rings. The summed E-state index contributed by atoms with van der Waals surface area (Å²) in [5.74, 6) is 0.629. The van der Waals surface area contributed by atoms with Crippen LogP contribution in [0.3, 0.4) is 0 Å². The Morgan fingerprint density at radius 1 is 1.26 bits per heavy atom. The second-order valence-corrected chi connectivity index (χ2v) is 6.93. The third-order valence-corrected chi connectivity index (χ3v) is 4.58. The van der Waals surface area contributed by atoms with E-state index in [0.717, 1.165) is 11.1 Å². The molecule has 0 saturated carbocycles. The maximum Gasteiger partial charge on any atom is 0.411 e. The van der Waals surface area contributed by atoms with Crippen LogP contribution < -0.4 is 16.0 Å². The van der Waals surface area contributed by atoms with Gasteiger partial charge in [-0.3, -0.25) is 5.32 Å². The predicted octanol–water partition coefficient (Wildman–Crippen LogP) is 2.89. The topological polar surface area (TPSA) is 95.0 Å². The van der Waals surface area contributed by atoms with E-state index < -0.39 is 11.7 Å². The van der Waals surface area contributed by atoms with E-state index in [4.69, 9.17) is 0 Å². The smallest absolute Gasteiger partial charge is 0.411 e. The summed E-state index contributed by atoms with van der Waals surface area (Å²) in [7, 11) is 1.32. The van der Waals surface area contributed by atoms with Gasteiger partial charge in [-0.15, -0.1) is 0 Å². The van der Waals surface area contributed by atoms with Crippen LogP contribution in [0.4, 0.5) is 10.5 Å². The van der Waals surface area contributed by atoms with Crippen LogP contribution in [0.2, 0.25) is 0 Å². The number of carbonyl (C=O) groups is 1. The molecule has 27 heavy (non-hydrogen) atoms. The van der Waals surface area contributed by atoms with Gasteiger partial charge in [-0.1, -0.05) is 12.1 Å². The molecule has 7 nitrogen and oxygen atoms in total. The molecule has 0 radical (unpaired) electrons. The number of thiophene rings is 1. The molecule has 146 valence electrons. The van der Waals surface area contributed by atoms with E-state index >= 15 is 0 Å². The lowest BCUT2D eigenvalue weighted by molar-refractivity contribution is 0.0621. The first-order valence-corrected chi connectivity index (χ1v) is 9.60. The Kier molecular flexibility index (Phi) is 7.63. The number of anilines is 1. The summed E-state index contributed by atoms with van der Waals surface area (Å²) in [6, 6.07) is 9.28. The number of ether oxygens (including phenoxy) is 1. The number of benzene rings is 1. The van der Waals surface area contributed by atoms with Crippen molar-refractivity contribution in [1.82, 2.24) is 10.6 Å². The van der Waals surface area contributed by atoms with Crippen molar-refractivity contribution in [2.45, 2.75) is 26.0 Å². The average molecular weight is 391 g/mol. The lowest BCUT2D eigenvalue weighted by Gasteiger charge is -2.24. The molecule has 2 rings (SSSR count). The van der Waals surface area contributed by atoms with Crippen molar-refractivity contribution in [3.63, 3.8) is 0 Å². The molecule has 0 saturated heterocycles. The van der Waals surface area contributed by atoms with Gasteiger partial charge in [0.05, 0.1) is 20.2 Å². The van der Waals surface area contributed by atoms with Crippen LogP contribution in [-0.4, -0.2) is 37.4 Å². The van der Waals surface area contributed by atoms with Crippen LogP contribution in [0.25, 0.3) is 0 Å². The third kappa shape index (κ3) is 6.58. The molecular weight excluding hydrogens is 364 g/mol. The maximum absolute atomic E-state index is 11.2. The zero-order valence-electron chi connectivity index (χ0n) is 15.8. The lowest BCUT2D eigenvalue weighted by Crippen LogP contribution is -2.44. The molecule has 0 fully saturated rings. The zero-order chi connectivity index (χ0) is 19.7. The molecule has 0 aliphatic heterocycles. The Balaban J connectivity index is 1.95. The summed E-state index contributed by atoms with van der Waals surface area (Å²) < 4.78 is 4.56. The van der Waals surface area contributed by atoms with Gasteiger partial charge in [0.25, 0.3) is 0 Å². The fourth-order valence-corrected chi connectivity index (χ4v) is 3.09. The first-order valence-electron chi connectivity index (χ1n) is 8.65. The van der Waals surface area contributed by atoms with Crippen molar-refractivity contribution < 1.29 is 14.6 Å². The van der Waals surface area contributed by atoms with Crippen molar-refractivity contribution >= 4 is 29.1 Å². The van der Waals surface area contributed by atoms with Crippen LogP contribution in [0.5, 0.6) is 0 Å². The molecule has 1 heterocycles. The molecule has 4 N–H and O–H groups in total. The molecule has 0 bridgehead atoms. The summed E-state index contributed by atoms with van der Waals surface area (Å²) >= 11 is 1.56. The number of hydrogen-bond acceptors (Lipinski definition) is 5. The number of aliphatic imine (C=N–C) groups is 1. The highest BCUT2D eigenvalue weighted by molar-refractivity contribution is 7.08. The van der Waals surface area contributed by atoms with E-state index in [-0.39, 0.29) is 0 Å². The SMILES string of the molecule is CCNC(=NCc1ccc(NC(=O)OC)cc1)NCC(C)(O)c1ccsc1. The number of rotatable bonds is 7. The van der Waals surface area contributed by atoms with Crippen molar-refractivity contribution in [2.24, 2.45) is 4.99 Å². The van der Waals surface area contributed by atoms with Crippen molar-refractivity contribution in [2.75, 3.05) is 25.5 Å². The Morgan fingerprint density at radius 3 is 2.59 bits per heavy atom. The van der Waals surface area contributed by atoms with Crippen molar-refractivity contribution in [3.05, 3.63) is 52.2 Å². The normalized spacial score (nSPS) is 13.6. The number of methoxy groups -OCH3 is 1. The largest absolute Gasteiger partial charge is 0.453 e. The van der Waals surface area contributed by atoms with Gasteiger partial charge in [-0.05, 0) is 53.9 Å². The van der Waals surface area contributed by atoms with Crippen molar-refractivity contribution in [3.8, 4) is 0 Å². The Bertz CT molecular complexity index is 743. The van der Waals surface area contributed by atoms with Crippen LogP contribution in [0, 0.1) is 0 Å². The van der Waals surface area contributed by atoms with E-state index in [0.29, 0.717) is 31.3 Å². The first-order chi connectivity index (χ1) is 12.9. The number of aliphatic hydroxyl groups is 1. The van der Waals surface area contributed by atoms with Gasteiger partial charge in [0.2, 0.25) is 0 Å². The van der Waals surface area contributed by atoms with E-state index in [1.165, 1.54) is 7.11 Å². The molecule has 8 heteroatoms. The Morgan fingerprint density at radius 2 is 2.00 bits per heavy atom. The number of nitrogens with one attached hydrogen (secondary N) is 3. The fourth-order valence-electron chi connectivity index (χ4n) is 2.30. The maximum atomic E-state index is 11.2. The number of guanidine groups is 1. The number of amides is 1. The third-order valence-electron chi connectivity index (χ3n) is 3.89. The number of nitrogens with zero attached hydrogens (tertiary/aromatic N) is 1. The second-order valence-electron chi connectivity index (χ2n) is 6.15. The Labute approximate surface area is 163 Å². The van der Waals surface area contributed by atoms with E-state index in [2.05, 4.69) is 25.7 Å². The molecule has 2 aromatic rings. The minimum atomic E-state index is -0.975. The molecule has 0 spiro atoms. The minimum absolute atomic E-state index is 0.345. The predicted molar refractivity (Wildman–Crippen MR) is 109 cm³/mol. The molecule has 1 aromatic carbocycles. The summed E-state index contributed by atoms with van der Waals surface area (Å²) in [6.45, 7) is 5.29. The summed E-state index contributed by atoms with van der Waals surface area (Å²) in [5, 5.41) is 23.5. The average Bonchev–Trinajstić information content (AvgIpc) is 3.21. The van der Waals surface area contributed by atoms with Crippen molar-refractivity contribution in [1.29, 1.82) is 0 Å². The van der Waals surface area contributed by atoms with Crippen LogP contribution in [0.1, 0.15) is 25.0 Å². The van der Waals surface area contributed by atoms with E-state index in [1.807, 2.05) is 35.9 Å². The number of hydrogen-bond donors (Lipinski definition) is 4. The highest BCUT2D eigenvalue weighted by Gasteiger charge is 2.23. The highest BCUT2D eigenvalue weighted by atomic mass is 32.1. The van der Waals surface area contributed by atoms with Gasteiger partial charge in [0.15, 0.2) is 5.96 Å². The molecule has 1 aromatic heterocycles. The zero-order valence-corrected chi connectivity index (χ0v) is 16.6. The Hall–Kier alpha value is -2.58. The molecule has 1 atom stereocenters. The lowest BCUT2D eigenvalue weighted by atomic mass is 9.99. The molecular formula is C19H26N4O3S. The summed E-state index contributed by atoms with van der Waals surface area (Å²) in [5.41, 5.74) is 1.56. The van der Waals surface area contributed by atoms with E-state index in [1.54, 1.807) is 30.4 Å². The van der Waals surface area contributed by atoms with Gasteiger partial charge in [0.1, 0.15) is 5.60 Å². The van der Waals surface area contributed by atoms with Crippen LogP contribution in [0.15, 0.2) is 46.1 Å². The summed E-state index contributed by atoms with van der Waals surface area (Å²) in [6.07, 6.45) is -0.503. The van der Waals surface area contributed by atoms with Gasteiger partial charge in [0, 0.05) is 12.2 Å². The van der Waals surface area contributed by atoms with Gasteiger partial charge < -0.3 is 20.5 Å². The van der Waals surface area contributed by atoms with Gasteiger partial charge >= 0.3 is 6.09 Å². The first kappa shape index (κ1) is 20.7. The standard InChI is InChI=1S/C19H26N4O3S/c1-4-20-17(22-13-19(2,25)15-9-10-27-12-15)21-11-14-5-7-16(8-6-14)23-18(24)26-3/h5-10,12,25H,4,11,13H2,1-3H3,(H,23,24)(H2,20,21,22). The minimum Gasteiger partial charge on any atom is -0.453 e. The molecule has 1 unspecified atom stereocenters. The van der Waals surface area contributed by atoms with Gasteiger partial charge in [-0.25, -0.2) is 9.79 Å². The highest BCUT2D eigenvalue weighted by Crippen LogP contribution is 2.22. The molecule has 1 amide bonds. The quantitative estimate of drug-likeness (QED) is 0.431. The second kappa shape index (κ2) is 9.94. The monoisotopic (exact) mass is 390 g/mol.